The number of amides is 2. The standard InChI is InChI=1S/C16H24ClN3O2/c1-4-10-18-16(22)13-11-12(7-8-14(13)20(2)3)19-15(21)6-5-9-17/h7-8,11H,4-6,9-10H2,1-3H3,(H,18,22)(H,19,21). The lowest BCUT2D eigenvalue weighted by Gasteiger charge is -2.18. The zero-order valence-corrected chi connectivity index (χ0v) is 14.2. The highest BCUT2D eigenvalue weighted by molar-refractivity contribution is 6.18. The quantitative estimate of drug-likeness (QED) is 0.722. The molecule has 0 saturated heterocycles. The van der Waals surface area contributed by atoms with Crippen LogP contribution < -0.4 is 15.5 Å². The molecule has 0 saturated carbocycles. The average molecular weight is 326 g/mol. The number of anilines is 2. The minimum absolute atomic E-state index is 0.0989. The van der Waals surface area contributed by atoms with E-state index in [1.165, 1.54) is 0 Å². The molecule has 0 aliphatic rings. The second-order valence-electron chi connectivity index (χ2n) is 5.22. The third kappa shape index (κ3) is 5.56. The average Bonchev–Trinajstić information content (AvgIpc) is 2.50. The van der Waals surface area contributed by atoms with Crippen molar-refractivity contribution in [3.63, 3.8) is 0 Å². The van der Waals surface area contributed by atoms with E-state index in [1.807, 2.05) is 32.0 Å². The van der Waals surface area contributed by atoms with Crippen molar-refractivity contribution < 1.29 is 9.59 Å². The second kappa shape index (κ2) is 9.30. The monoisotopic (exact) mass is 325 g/mol. The summed E-state index contributed by atoms with van der Waals surface area (Å²) in [6.07, 6.45) is 1.88. The van der Waals surface area contributed by atoms with Gasteiger partial charge in [0.1, 0.15) is 0 Å². The Morgan fingerprint density at radius 1 is 1.27 bits per heavy atom. The minimum Gasteiger partial charge on any atom is -0.377 e. The topological polar surface area (TPSA) is 61.4 Å². The van der Waals surface area contributed by atoms with Gasteiger partial charge in [-0.25, -0.2) is 0 Å². The van der Waals surface area contributed by atoms with E-state index in [4.69, 9.17) is 11.6 Å². The third-order valence-electron chi connectivity index (χ3n) is 3.08. The first-order valence-corrected chi connectivity index (χ1v) is 7.98. The molecule has 0 aliphatic heterocycles. The van der Waals surface area contributed by atoms with Crippen molar-refractivity contribution in [2.45, 2.75) is 26.2 Å². The van der Waals surface area contributed by atoms with Crippen LogP contribution in [0.2, 0.25) is 0 Å². The van der Waals surface area contributed by atoms with E-state index in [-0.39, 0.29) is 11.8 Å². The fourth-order valence-electron chi connectivity index (χ4n) is 1.97. The van der Waals surface area contributed by atoms with Gasteiger partial charge >= 0.3 is 0 Å². The summed E-state index contributed by atoms with van der Waals surface area (Å²) in [7, 11) is 3.76. The lowest BCUT2D eigenvalue weighted by Crippen LogP contribution is -2.26. The van der Waals surface area contributed by atoms with Gasteiger partial charge in [-0.15, -0.1) is 11.6 Å². The molecular weight excluding hydrogens is 302 g/mol. The number of alkyl halides is 1. The van der Waals surface area contributed by atoms with Crippen LogP contribution in [0, 0.1) is 0 Å². The van der Waals surface area contributed by atoms with Gasteiger partial charge in [-0.05, 0) is 31.0 Å². The molecule has 6 heteroatoms. The third-order valence-corrected chi connectivity index (χ3v) is 3.35. The molecule has 0 bridgehead atoms. The Kier molecular flexibility index (Phi) is 7.74. The SMILES string of the molecule is CCCNC(=O)c1cc(NC(=O)CCCCl)ccc1N(C)C. The highest BCUT2D eigenvalue weighted by Gasteiger charge is 2.14. The molecule has 0 atom stereocenters. The summed E-state index contributed by atoms with van der Waals surface area (Å²) in [6.45, 7) is 2.62. The van der Waals surface area contributed by atoms with E-state index in [2.05, 4.69) is 10.6 Å². The summed E-state index contributed by atoms with van der Waals surface area (Å²) in [5, 5.41) is 5.66. The number of halogens is 1. The van der Waals surface area contributed by atoms with E-state index in [0.29, 0.717) is 36.5 Å². The molecule has 122 valence electrons. The first kappa shape index (κ1) is 18.3. The molecule has 0 spiro atoms. The molecule has 1 aromatic rings. The zero-order valence-electron chi connectivity index (χ0n) is 13.4. The molecule has 1 rings (SSSR count). The van der Waals surface area contributed by atoms with Crippen LogP contribution in [0.1, 0.15) is 36.5 Å². The van der Waals surface area contributed by atoms with Crippen molar-refractivity contribution in [3.05, 3.63) is 23.8 Å². The van der Waals surface area contributed by atoms with E-state index in [0.717, 1.165) is 12.1 Å². The first-order chi connectivity index (χ1) is 10.5. The number of nitrogens with one attached hydrogen (secondary N) is 2. The van der Waals surface area contributed by atoms with Crippen LogP contribution >= 0.6 is 11.6 Å². The fourth-order valence-corrected chi connectivity index (χ4v) is 2.10. The van der Waals surface area contributed by atoms with E-state index in [1.54, 1.807) is 12.1 Å². The summed E-state index contributed by atoms with van der Waals surface area (Å²) >= 11 is 5.58. The van der Waals surface area contributed by atoms with Crippen LogP contribution in [0.5, 0.6) is 0 Å². The lowest BCUT2D eigenvalue weighted by atomic mass is 10.1. The Morgan fingerprint density at radius 2 is 2.00 bits per heavy atom. The normalized spacial score (nSPS) is 10.2. The van der Waals surface area contributed by atoms with Crippen molar-refractivity contribution >= 4 is 34.8 Å². The highest BCUT2D eigenvalue weighted by Crippen LogP contribution is 2.23. The summed E-state index contributed by atoms with van der Waals surface area (Å²) in [5.74, 6) is 0.220. The number of hydrogen-bond donors (Lipinski definition) is 2. The van der Waals surface area contributed by atoms with Crippen LogP contribution in [-0.2, 0) is 4.79 Å². The molecule has 0 fully saturated rings. The largest absolute Gasteiger partial charge is 0.377 e. The van der Waals surface area contributed by atoms with Crippen LogP contribution in [0.25, 0.3) is 0 Å². The van der Waals surface area contributed by atoms with Gasteiger partial charge in [0.2, 0.25) is 5.91 Å². The predicted molar refractivity (Wildman–Crippen MR) is 92.0 cm³/mol. The number of benzene rings is 1. The smallest absolute Gasteiger partial charge is 0.253 e. The van der Waals surface area contributed by atoms with E-state index in [9.17, 15) is 9.59 Å². The van der Waals surface area contributed by atoms with Gasteiger partial charge in [0.25, 0.3) is 5.91 Å². The van der Waals surface area contributed by atoms with Gasteiger partial charge in [0.15, 0.2) is 0 Å². The van der Waals surface area contributed by atoms with Gasteiger partial charge in [0.05, 0.1) is 5.56 Å². The van der Waals surface area contributed by atoms with Gasteiger partial charge in [-0.1, -0.05) is 6.92 Å². The fraction of sp³-hybridized carbons (Fsp3) is 0.500. The Labute approximate surface area is 137 Å². The maximum absolute atomic E-state index is 12.3. The molecule has 22 heavy (non-hydrogen) atoms. The van der Waals surface area contributed by atoms with Gasteiger partial charge < -0.3 is 15.5 Å². The van der Waals surface area contributed by atoms with Crippen molar-refractivity contribution in [1.82, 2.24) is 5.32 Å². The van der Waals surface area contributed by atoms with Gasteiger partial charge in [-0.2, -0.15) is 0 Å². The maximum atomic E-state index is 12.3. The van der Waals surface area contributed by atoms with Crippen molar-refractivity contribution in [2.75, 3.05) is 36.7 Å². The Bertz CT molecular complexity index is 518. The Hall–Kier alpha value is -1.75. The second-order valence-corrected chi connectivity index (χ2v) is 5.60. The minimum atomic E-state index is -0.137. The first-order valence-electron chi connectivity index (χ1n) is 7.45. The van der Waals surface area contributed by atoms with E-state index < -0.39 is 0 Å². The molecule has 2 N–H and O–H groups in total. The van der Waals surface area contributed by atoms with Crippen molar-refractivity contribution in [2.24, 2.45) is 0 Å². The van der Waals surface area contributed by atoms with Crippen LogP contribution in [0.3, 0.4) is 0 Å². The van der Waals surface area contributed by atoms with Crippen molar-refractivity contribution in [3.8, 4) is 0 Å². The van der Waals surface area contributed by atoms with Gasteiger partial charge in [0, 0.05) is 44.3 Å². The van der Waals surface area contributed by atoms with Crippen LogP contribution in [0.4, 0.5) is 11.4 Å². The Balaban J connectivity index is 2.93. The molecule has 5 nitrogen and oxygen atoms in total. The summed E-state index contributed by atoms with van der Waals surface area (Å²) < 4.78 is 0. The maximum Gasteiger partial charge on any atom is 0.253 e. The zero-order chi connectivity index (χ0) is 16.5. The molecule has 0 radical (unpaired) electrons. The molecule has 1 aromatic carbocycles. The molecule has 2 amide bonds. The Morgan fingerprint density at radius 3 is 2.59 bits per heavy atom. The van der Waals surface area contributed by atoms with Crippen molar-refractivity contribution in [1.29, 1.82) is 0 Å². The molecule has 0 aliphatic carbocycles. The summed E-state index contributed by atoms with van der Waals surface area (Å²) in [4.78, 5) is 25.9. The summed E-state index contributed by atoms with van der Waals surface area (Å²) in [5.41, 5.74) is 1.98. The number of carbonyl (C=O) groups is 2. The molecular formula is C16H24ClN3O2. The van der Waals surface area contributed by atoms with E-state index >= 15 is 0 Å². The number of hydrogen-bond acceptors (Lipinski definition) is 3. The summed E-state index contributed by atoms with van der Waals surface area (Å²) in [6, 6.07) is 5.33. The van der Waals surface area contributed by atoms with Crippen LogP contribution in [0.15, 0.2) is 18.2 Å². The van der Waals surface area contributed by atoms with Crippen LogP contribution in [-0.4, -0.2) is 38.3 Å². The molecule has 0 heterocycles. The molecule has 0 aromatic heterocycles. The van der Waals surface area contributed by atoms with Gasteiger partial charge in [-0.3, -0.25) is 9.59 Å². The number of nitrogens with zero attached hydrogens (tertiary/aromatic N) is 1. The molecule has 0 unspecified atom stereocenters. The lowest BCUT2D eigenvalue weighted by molar-refractivity contribution is -0.116. The number of carbonyl (C=O) groups excluding carboxylic acids is 2. The predicted octanol–water partition coefficient (Wildman–Crippen LogP) is 2.85. The number of rotatable bonds is 8. The highest BCUT2D eigenvalue weighted by atomic mass is 35.5.